The fraction of sp³-hybridized carbons (Fsp3) is 0.750. The highest BCUT2D eigenvalue weighted by atomic mass is 16.5. The second-order valence-corrected chi connectivity index (χ2v) is 8.10. The van der Waals surface area contributed by atoms with Crippen LogP contribution in [0.25, 0.3) is 0 Å². The molecule has 6 nitrogen and oxygen atoms in total. The maximum Gasteiger partial charge on any atom is 0.223 e. The van der Waals surface area contributed by atoms with Crippen LogP contribution in [0.1, 0.15) is 55.6 Å². The molecule has 1 aromatic heterocycles. The topological polar surface area (TPSA) is 81.3 Å². The molecule has 1 aromatic rings. The van der Waals surface area contributed by atoms with E-state index in [0.29, 0.717) is 12.5 Å². The van der Waals surface area contributed by atoms with E-state index in [4.69, 9.17) is 15.5 Å². The quantitative estimate of drug-likeness (QED) is 0.892. The average Bonchev–Trinajstić information content (AvgIpc) is 3.10. The first-order chi connectivity index (χ1) is 12.6. The number of hydrogen-bond donors (Lipinski definition) is 1. The maximum atomic E-state index is 11.6. The monoisotopic (exact) mass is 358 g/mol. The lowest BCUT2D eigenvalue weighted by molar-refractivity contribution is -0.123. The van der Waals surface area contributed by atoms with Crippen molar-refractivity contribution in [3.05, 3.63) is 17.1 Å². The SMILES string of the molecule is Cc1nc2c(c(N3CCC(C[C@H]4OCC[C@H]4C(N)=O)CC3)n1)CCCC2. The molecule has 2 saturated heterocycles. The number of anilines is 1. The minimum atomic E-state index is -0.201. The Morgan fingerprint density at radius 1 is 1.19 bits per heavy atom. The number of rotatable bonds is 4. The lowest BCUT2D eigenvalue weighted by atomic mass is 9.86. The van der Waals surface area contributed by atoms with Crippen molar-refractivity contribution in [3.8, 4) is 0 Å². The Labute approximate surface area is 155 Å². The van der Waals surface area contributed by atoms with E-state index in [1.807, 2.05) is 6.92 Å². The molecule has 0 bridgehead atoms. The third-order valence-electron chi connectivity index (χ3n) is 6.33. The van der Waals surface area contributed by atoms with Crippen LogP contribution in [0.15, 0.2) is 0 Å². The first kappa shape index (κ1) is 17.7. The fourth-order valence-corrected chi connectivity index (χ4v) is 4.87. The molecule has 1 amide bonds. The Balaban J connectivity index is 1.40. The Hall–Kier alpha value is -1.69. The number of carbonyl (C=O) groups excluding carboxylic acids is 1. The highest BCUT2D eigenvalue weighted by Crippen LogP contribution is 2.34. The van der Waals surface area contributed by atoms with Crippen LogP contribution >= 0.6 is 0 Å². The molecule has 4 rings (SSSR count). The molecule has 2 N–H and O–H groups in total. The molecule has 0 spiro atoms. The van der Waals surface area contributed by atoms with Crippen LogP contribution in [-0.2, 0) is 22.4 Å². The summed E-state index contributed by atoms with van der Waals surface area (Å²) in [5, 5.41) is 0. The van der Waals surface area contributed by atoms with E-state index in [-0.39, 0.29) is 17.9 Å². The van der Waals surface area contributed by atoms with E-state index in [0.717, 1.165) is 57.4 Å². The summed E-state index contributed by atoms with van der Waals surface area (Å²) in [5.74, 6) is 2.39. The standard InChI is InChI=1S/C20H30N4O2/c1-13-22-17-5-3-2-4-15(17)20(23-13)24-9-6-14(7-10-24)12-18-16(19(21)25)8-11-26-18/h14,16,18H,2-12H2,1H3,(H2,21,25)/t16-,18-/m1/s1. The molecule has 3 heterocycles. The van der Waals surface area contributed by atoms with Gasteiger partial charge in [-0.15, -0.1) is 0 Å². The van der Waals surface area contributed by atoms with Gasteiger partial charge >= 0.3 is 0 Å². The van der Waals surface area contributed by atoms with Crippen molar-refractivity contribution in [2.24, 2.45) is 17.6 Å². The zero-order chi connectivity index (χ0) is 18.1. The van der Waals surface area contributed by atoms with Gasteiger partial charge in [0.25, 0.3) is 0 Å². The summed E-state index contributed by atoms with van der Waals surface area (Å²) in [4.78, 5) is 23.5. The largest absolute Gasteiger partial charge is 0.377 e. The van der Waals surface area contributed by atoms with E-state index in [9.17, 15) is 4.79 Å². The maximum absolute atomic E-state index is 11.6. The smallest absolute Gasteiger partial charge is 0.223 e. The summed E-state index contributed by atoms with van der Waals surface area (Å²) < 4.78 is 5.80. The number of primary amides is 1. The van der Waals surface area contributed by atoms with Crippen LogP contribution in [0.2, 0.25) is 0 Å². The summed E-state index contributed by atoms with van der Waals surface area (Å²) >= 11 is 0. The number of aryl methyl sites for hydroxylation is 2. The van der Waals surface area contributed by atoms with Crippen LogP contribution in [0.3, 0.4) is 0 Å². The molecule has 142 valence electrons. The summed E-state index contributed by atoms with van der Waals surface area (Å²) in [7, 11) is 0. The Kier molecular flexibility index (Phi) is 5.11. The van der Waals surface area contributed by atoms with Gasteiger partial charge in [0.2, 0.25) is 5.91 Å². The second kappa shape index (κ2) is 7.51. The number of fused-ring (bicyclic) bond motifs is 1. The molecule has 0 unspecified atom stereocenters. The van der Waals surface area contributed by atoms with E-state index < -0.39 is 0 Å². The number of aromatic nitrogens is 2. The highest BCUT2D eigenvalue weighted by Gasteiger charge is 2.35. The van der Waals surface area contributed by atoms with Crippen LogP contribution in [0, 0.1) is 18.8 Å². The number of ether oxygens (including phenoxy) is 1. The van der Waals surface area contributed by atoms with Crippen LogP contribution < -0.4 is 10.6 Å². The Bertz CT molecular complexity index is 670. The summed E-state index contributed by atoms with van der Waals surface area (Å²) in [6.45, 7) is 4.74. The van der Waals surface area contributed by atoms with Gasteiger partial charge in [-0.2, -0.15) is 0 Å². The molecular formula is C20H30N4O2. The zero-order valence-electron chi connectivity index (χ0n) is 15.7. The normalized spacial score (nSPS) is 26.7. The Morgan fingerprint density at radius 2 is 1.96 bits per heavy atom. The molecular weight excluding hydrogens is 328 g/mol. The van der Waals surface area contributed by atoms with Crippen molar-refractivity contribution in [1.29, 1.82) is 0 Å². The molecule has 0 radical (unpaired) electrons. The first-order valence-electron chi connectivity index (χ1n) is 10.1. The van der Waals surface area contributed by atoms with Gasteiger partial charge in [-0.3, -0.25) is 4.79 Å². The number of carbonyl (C=O) groups is 1. The molecule has 6 heteroatoms. The van der Waals surface area contributed by atoms with Gasteiger partial charge in [0, 0.05) is 31.0 Å². The number of hydrogen-bond acceptors (Lipinski definition) is 5. The molecule has 2 fully saturated rings. The van der Waals surface area contributed by atoms with Gasteiger partial charge in [0.05, 0.1) is 12.0 Å². The predicted octanol–water partition coefficient (Wildman–Crippen LogP) is 2.16. The van der Waals surface area contributed by atoms with Crippen molar-refractivity contribution in [3.63, 3.8) is 0 Å². The third-order valence-corrected chi connectivity index (χ3v) is 6.33. The average molecular weight is 358 g/mol. The van der Waals surface area contributed by atoms with Crippen molar-refractivity contribution >= 4 is 11.7 Å². The molecule has 2 aliphatic heterocycles. The first-order valence-corrected chi connectivity index (χ1v) is 10.1. The van der Waals surface area contributed by atoms with E-state index in [2.05, 4.69) is 9.88 Å². The van der Waals surface area contributed by atoms with Gasteiger partial charge in [-0.25, -0.2) is 9.97 Å². The molecule has 3 aliphatic rings. The van der Waals surface area contributed by atoms with E-state index in [1.165, 1.54) is 29.9 Å². The number of nitrogens with two attached hydrogens (primary N) is 1. The number of piperidine rings is 1. The molecule has 0 aromatic carbocycles. The van der Waals surface area contributed by atoms with Crippen molar-refractivity contribution in [1.82, 2.24) is 9.97 Å². The van der Waals surface area contributed by atoms with E-state index >= 15 is 0 Å². The van der Waals surface area contributed by atoms with E-state index in [1.54, 1.807) is 0 Å². The van der Waals surface area contributed by atoms with Crippen molar-refractivity contribution < 1.29 is 9.53 Å². The third kappa shape index (κ3) is 3.56. The number of nitrogens with zero attached hydrogens (tertiary/aromatic N) is 3. The molecule has 0 saturated carbocycles. The summed E-state index contributed by atoms with van der Waals surface area (Å²) in [5.41, 5.74) is 8.18. The van der Waals surface area contributed by atoms with Gasteiger partial charge in [-0.1, -0.05) is 0 Å². The van der Waals surface area contributed by atoms with Crippen LogP contribution in [-0.4, -0.2) is 41.7 Å². The summed E-state index contributed by atoms with van der Waals surface area (Å²) in [6, 6.07) is 0. The minimum Gasteiger partial charge on any atom is -0.377 e. The zero-order valence-corrected chi connectivity index (χ0v) is 15.7. The second-order valence-electron chi connectivity index (χ2n) is 8.10. The predicted molar refractivity (Wildman–Crippen MR) is 100 cm³/mol. The number of amides is 1. The van der Waals surface area contributed by atoms with Crippen molar-refractivity contribution in [2.75, 3.05) is 24.6 Å². The lowest BCUT2D eigenvalue weighted by Crippen LogP contribution is -2.38. The van der Waals surface area contributed by atoms with Crippen LogP contribution in [0.4, 0.5) is 5.82 Å². The van der Waals surface area contributed by atoms with Crippen LogP contribution in [0.5, 0.6) is 0 Å². The fourth-order valence-electron chi connectivity index (χ4n) is 4.87. The van der Waals surface area contributed by atoms with Crippen molar-refractivity contribution in [2.45, 2.75) is 64.4 Å². The Morgan fingerprint density at radius 3 is 2.73 bits per heavy atom. The highest BCUT2D eigenvalue weighted by molar-refractivity contribution is 5.77. The van der Waals surface area contributed by atoms with Gasteiger partial charge in [0.15, 0.2) is 0 Å². The van der Waals surface area contributed by atoms with Gasteiger partial charge in [-0.05, 0) is 64.2 Å². The molecule has 26 heavy (non-hydrogen) atoms. The minimum absolute atomic E-state index is 0.0260. The van der Waals surface area contributed by atoms with Gasteiger partial charge in [0.1, 0.15) is 11.6 Å². The lowest BCUT2D eigenvalue weighted by Gasteiger charge is -2.36. The van der Waals surface area contributed by atoms with Gasteiger partial charge < -0.3 is 15.4 Å². The summed E-state index contributed by atoms with van der Waals surface area (Å²) in [6.07, 6.45) is 8.72. The molecule has 1 aliphatic carbocycles. The molecule has 2 atom stereocenters.